The molecule has 145 valence electrons. The molecule has 2 N–H and O–H groups in total. The molecular formula is C18H16CoO8. The molecule has 0 aliphatic heterocycles. The molecule has 0 saturated carbocycles. The van der Waals surface area contributed by atoms with Crippen molar-refractivity contribution in [3.63, 3.8) is 0 Å². The van der Waals surface area contributed by atoms with Crippen LogP contribution >= 0.6 is 0 Å². The molecule has 0 aliphatic rings. The normalized spacial score (nSPS) is 8.96. The third-order valence-electron chi connectivity index (χ3n) is 3.11. The van der Waals surface area contributed by atoms with Crippen LogP contribution in [-0.4, -0.2) is 48.3 Å². The van der Waals surface area contributed by atoms with Gasteiger partial charge in [0.25, 0.3) is 0 Å². The Bertz CT molecular complexity index is 728. The van der Waals surface area contributed by atoms with E-state index in [4.69, 9.17) is 10.2 Å². The average Bonchev–Trinajstić information content (AvgIpc) is 2.67. The Kier molecular flexibility index (Phi) is 10.1. The molecule has 1 radical (unpaired) electrons. The predicted molar refractivity (Wildman–Crippen MR) is 89.5 cm³/mol. The van der Waals surface area contributed by atoms with Gasteiger partial charge in [0.05, 0.1) is 36.5 Å². The monoisotopic (exact) mass is 419 g/mol. The van der Waals surface area contributed by atoms with Gasteiger partial charge < -0.3 is 19.7 Å². The van der Waals surface area contributed by atoms with Crippen LogP contribution in [0.25, 0.3) is 0 Å². The number of carbonyl (C=O) groups excluding carboxylic acids is 2. The minimum Gasteiger partial charge on any atom is -0.478 e. The van der Waals surface area contributed by atoms with Crippen LogP contribution in [0.4, 0.5) is 0 Å². The summed E-state index contributed by atoms with van der Waals surface area (Å²) < 4.78 is 8.90. The number of ether oxygens (including phenoxy) is 2. The maximum atomic E-state index is 10.9. The summed E-state index contributed by atoms with van der Waals surface area (Å²) in [7, 11) is 2.54. The summed E-state index contributed by atoms with van der Waals surface area (Å²) in [4.78, 5) is 42.7. The molecule has 9 heteroatoms. The third kappa shape index (κ3) is 7.30. The molecule has 2 aromatic rings. The number of carboxylic acids is 2. The zero-order valence-electron chi connectivity index (χ0n) is 14.3. The fourth-order valence-corrected chi connectivity index (χ4v) is 1.73. The Morgan fingerprint density at radius 2 is 0.815 bits per heavy atom. The number of aromatic carboxylic acids is 2. The van der Waals surface area contributed by atoms with Gasteiger partial charge in [-0.3, -0.25) is 0 Å². The van der Waals surface area contributed by atoms with Crippen molar-refractivity contribution in [1.82, 2.24) is 0 Å². The van der Waals surface area contributed by atoms with Gasteiger partial charge in [0.1, 0.15) is 0 Å². The van der Waals surface area contributed by atoms with E-state index in [1.165, 1.54) is 62.8 Å². The van der Waals surface area contributed by atoms with E-state index >= 15 is 0 Å². The minimum absolute atomic E-state index is 0. The molecule has 0 aliphatic carbocycles. The van der Waals surface area contributed by atoms with Crippen molar-refractivity contribution in [2.24, 2.45) is 0 Å². The third-order valence-corrected chi connectivity index (χ3v) is 3.11. The molecule has 2 aromatic carbocycles. The number of rotatable bonds is 4. The summed E-state index contributed by atoms with van der Waals surface area (Å²) in [5.74, 6) is -2.98. The number of hydrogen-bond donors (Lipinski definition) is 2. The maximum Gasteiger partial charge on any atom is 0.337 e. The second-order valence-electron chi connectivity index (χ2n) is 4.75. The zero-order chi connectivity index (χ0) is 19.7. The number of carboxylic acid groups (broad SMARTS) is 2. The van der Waals surface area contributed by atoms with Crippen LogP contribution in [0, 0.1) is 0 Å². The number of carbonyl (C=O) groups is 4. The molecule has 0 amide bonds. The molecule has 0 atom stereocenters. The molecule has 0 spiro atoms. The standard InChI is InChI=1S/2C9H8O4.Co/c2*1-13-9(12)7-4-2-6(3-5-7)8(10)11;/h2*2-5H,1H3,(H,10,11);. The molecule has 0 bridgehead atoms. The van der Waals surface area contributed by atoms with Crippen molar-refractivity contribution in [2.45, 2.75) is 0 Å². The first-order chi connectivity index (χ1) is 12.3. The number of benzene rings is 2. The average molecular weight is 419 g/mol. The predicted octanol–water partition coefficient (Wildman–Crippen LogP) is 2.34. The molecule has 0 fully saturated rings. The number of methoxy groups -OCH3 is 2. The Hall–Kier alpha value is -3.17. The fourth-order valence-electron chi connectivity index (χ4n) is 1.73. The number of hydrogen-bond acceptors (Lipinski definition) is 6. The summed E-state index contributed by atoms with van der Waals surface area (Å²) in [6.45, 7) is 0. The van der Waals surface area contributed by atoms with Crippen molar-refractivity contribution < 1.29 is 55.6 Å². The first-order valence-electron chi connectivity index (χ1n) is 7.13. The van der Waals surface area contributed by atoms with E-state index < -0.39 is 23.9 Å². The van der Waals surface area contributed by atoms with E-state index in [2.05, 4.69) is 9.47 Å². The van der Waals surface area contributed by atoms with Gasteiger partial charge in [0, 0.05) is 16.8 Å². The maximum absolute atomic E-state index is 10.9. The molecule has 0 aromatic heterocycles. The summed E-state index contributed by atoms with van der Waals surface area (Å²) in [6, 6.07) is 11.1. The van der Waals surface area contributed by atoms with Gasteiger partial charge >= 0.3 is 23.9 Å². The van der Waals surface area contributed by atoms with Crippen LogP contribution in [0.3, 0.4) is 0 Å². The Balaban J connectivity index is 0.000000483. The molecular weight excluding hydrogens is 403 g/mol. The Labute approximate surface area is 164 Å². The second kappa shape index (κ2) is 11.4. The van der Waals surface area contributed by atoms with Gasteiger partial charge in [-0.2, -0.15) is 0 Å². The van der Waals surface area contributed by atoms with Crippen LogP contribution in [0.2, 0.25) is 0 Å². The fraction of sp³-hybridized carbons (Fsp3) is 0.111. The quantitative estimate of drug-likeness (QED) is 0.723. The van der Waals surface area contributed by atoms with Crippen LogP contribution in [0.1, 0.15) is 41.4 Å². The van der Waals surface area contributed by atoms with Gasteiger partial charge in [-0.25, -0.2) is 19.2 Å². The van der Waals surface area contributed by atoms with Crippen molar-refractivity contribution in [3.8, 4) is 0 Å². The summed E-state index contributed by atoms with van der Waals surface area (Å²) >= 11 is 0. The van der Waals surface area contributed by atoms with E-state index in [1.807, 2.05) is 0 Å². The first-order valence-corrected chi connectivity index (χ1v) is 7.13. The van der Waals surface area contributed by atoms with Gasteiger partial charge in [0.2, 0.25) is 0 Å². The van der Waals surface area contributed by atoms with Gasteiger partial charge in [-0.05, 0) is 48.5 Å². The van der Waals surface area contributed by atoms with E-state index in [-0.39, 0.29) is 27.9 Å². The Morgan fingerprint density at radius 3 is 1.00 bits per heavy atom. The van der Waals surface area contributed by atoms with Crippen molar-refractivity contribution in [3.05, 3.63) is 70.8 Å². The molecule has 8 nitrogen and oxygen atoms in total. The van der Waals surface area contributed by atoms with Gasteiger partial charge in [-0.15, -0.1) is 0 Å². The van der Waals surface area contributed by atoms with Crippen LogP contribution < -0.4 is 0 Å². The topological polar surface area (TPSA) is 127 Å². The smallest absolute Gasteiger partial charge is 0.337 e. The number of esters is 2. The van der Waals surface area contributed by atoms with Crippen molar-refractivity contribution in [1.29, 1.82) is 0 Å². The molecule has 0 heterocycles. The molecule has 0 unspecified atom stereocenters. The molecule has 2 rings (SSSR count). The summed E-state index contributed by atoms with van der Waals surface area (Å²) in [5.41, 5.74) is 0.973. The largest absolute Gasteiger partial charge is 0.478 e. The van der Waals surface area contributed by atoms with Crippen LogP contribution in [-0.2, 0) is 26.3 Å². The van der Waals surface area contributed by atoms with Crippen LogP contribution in [0.5, 0.6) is 0 Å². The second-order valence-corrected chi connectivity index (χ2v) is 4.75. The van der Waals surface area contributed by atoms with E-state index in [9.17, 15) is 19.2 Å². The zero-order valence-corrected chi connectivity index (χ0v) is 15.3. The Morgan fingerprint density at radius 1 is 0.593 bits per heavy atom. The van der Waals surface area contributed by atoms with E-state index in [1.54, 1.807) is 0 Å². The van der Waals surface area contributed by atoms with Gasteiger partial charge in [0.15, 0.2) is 0 Å². The van der Waals surface area contributed by atoms with Crippen molar-refractivity contribution in [2.75, 3.05) is 14.2 Å². The summed E-state index contributed by atoms with van der Waals surface area (Å²) in [6.07, 6.45) is 0. The first kappa shape index (κ1) is 23.8. The molecule has 27 heavy (non-hydrogen) atoms. The SMILES string of the molecule is COC(=O)c1ccc(C(=O)O)cc1.COC(=O)c1ccc(C(=O)O)cc1.[Co]. The van der Waals surface area contributed by atoms with E-state index in [0.717, 1.165) is 0 Å². The van der Waals surface area contributed by atoms with Crippen LogP contribution in [0.15, 0.2) is 48.5 Å². The van der Waals surface area contributed by atoms with Crippen molar-refractivity contribution >= 4 is 23.9 Å². The molecule has 0 saturated heterocycles. The summed E-state index contributed by atoms with van der Waals surface area (Å²) in [5, 5.41) is 17.1. The van der Waals surface area contributed by atoms with Gasteiger partial charge in [-0.1, -0.05) is 0 Å². The minimum atomic E-state index is -1.02. The van der Waals surface area contributed by atoms with E-state index in [0.29, 0.717) is 11.1 Å².